The molecule has 0 saturated carbocycles. The summed E-state index contributed by atoms with van der Waals surface area (Å²) in [4.78, 5) is 0. The van der Waals surface area contributed by atoms with Crippen LogP contribution in [0, 0.1) is 13.8 Å². The molecule has 18 heavy (non-hydrogen) atoms. The van der Waals surface area contributed by atoms with Gasteiger partial charge in [-0.2, -0.15) is 5.10 Å². The van der Waals surface area contributed by atoms with Crippen molar-refractivity contribution >= 4 is 11.6 Å². The molecule has 0 aliphatic rings. The molecule has 0 saturated heterocycles. The zero-order valence-corrected chi connectivity index (χ0v) is 11.8. The number of hydrogen-bond donors (Lipinski definition) is 1. The highest BCUT2D eigenvalue weighted by Gasteiger charge is 2.14. The van der Waals surface area contributed by atoms with Gasteiger partial charge in [-0.25, -0.2) is 4.68 Å². The first kappa shape index (κ1) is 13.1. The summed E-state index contributed by atoms with van der Waals surface area (Å²) < 4.78 is 1.92. The van der Waals surface area contributed by atoms with Gasteiger partial charge in [0.05, 0.1) is 16.9 Å². The number of aromatic nitrogens is 2. The summed E-state index contributed by atoms with van der Waals surface area (Å²) in [5.74, 6) is 0. The fourth-order valence-corrected chi connectivity index (χ4v) is 2.73. The maximum atomic E-state index is 6.36. The molecule has 0 aliphatic carbocycles. The molecule has 0 aliphatic heterocycles. The maximum absolute atomic E-state index is 6.36. The molecule has 0 spiro atoms. The minimum Gasteiger partial charge on any atom is -0.326 e. The van der Waals surface area contributed by atoms with Crippen LogP contribution in [-0.4, -0.2) is 9.78 Å². The van der Waals surface area contributed by atoms with Gasteiger partial charge < -0.3 is 5.73 Å². The molecule has 0 atom stereocenters. The molecule has 0 fully saturated rings. The van der Waals surface area contributed by atoms with Gasteiger partial charge in [0.15, 0.2) is 0 Å². The van der Waals surface area contributed by atoms with Gasteiger partial charge in [0.25, 0.3) is 0 Å². The van der Waals surface area contributed by atoms with Crippen molar-refractivity contribution in [2.75, 3.05) is 0 Å². The molecule has 1 heterocycles. The molecule has 3 nitrogen and oxygen atoms in total. The molecular formula is C14H18ClN3. The number of benzene rings is 1. The van der Waals surface area contributed by atoms with Crippen LogP contribution in [0.3, 0.4) is 0 Å². The summed E-state index contributed by atoms with van der Waals surface area (Å²) in [6.07, 6.45) is 2.71. The predicted octanol–water partition coefficient (Wildman–Crippen LogP) is 3.16. The van der Waals surface area contributed by atoms with Gasteiger partial charge in [0.1, 0.15) is 0 Å². The summed E-state index contributed by atoms with van der Waals surface area (Å²) in [6.45, 7) is 6.70. The van der Waals surface area contributed by atoms with Crippen molar-refractivity contribution in [1.82, 2.24) is 9.78 Å². The van der Waals surface area contributed by atoms with Crippen LogP contribution in [0.2, 0.25) is 5.02 Å². The van der Waals surface area contributed by atoms with E-state index in [0.29, 0.717) is 6.54 Å². The van der Waals surface area contributed by atoms with E-state index in [1.54, 1.807) is 0 Å². The second-order valence-electron chi connectivity index (χ2n) is 4.50. The maximum Gasteiger partial charge on any atom is 0.0864 e. The van der Waals surface area contributed by atoms with E-state index in [4.69, 9.17) is 17.3 Å². The topological polar surface area (TPSA) is 43.8 Å². The van der Waals surface area contributed by atoms with E-state index in [2.05, 4.69) is 25.0 Å². The van der Waals surface area contributed by atoms with Crippen LogP contribution in [0.5, 0.6) is 0 Å². The third kappa shape index (κ3) is 2.16. The van der Waals surface area contributed by atoms with E-state index in [1.807, 2.05) is 23.9 Å². The monoisotopic (exact) mass is 263 g/mol. The Morgan fingerprint density at radius 2 is 2.06 bits per heavy atom. The van der Waals surface area contributed by atoms with Gasteiger partial charge in [-0.15, -0.1) is 0 Å². The second-order valence-corrected chi connectivity index (χ2v) is 4.91. The van der Waals surface area contributed by atoms with Crippen LogP contribution >= 0.6 is 11.6 Å². The number of hydrogen-bond acceptors (Lipinski definition) is 2. The SMILES string of the molecule is CCc1c(CN)cnn1-c1c(C)cc(C)cc1Cl. The lowest BCUT2D eigenvalue weighted by atomic mass is 10.1. The van der Waals surface area contributed by atoms with Gasteiger partial charge in [-0.05, 0) is 37.5 Å². The first-order valence-corrected chi connectivity index (χ1v) is 6.49. The molecule has 1 aromatic carbocycles. The minimum atomic E-state index is 0.506. The number of rotatable bonds is 3. The molecule has 0 bridgehead atoms. The fraction of sp³-hybridized carbons (Fsp3) is 0.357. The number of halogens is 1. The quantitative estimate of drug-likeness (QED) is 0.924. The predicted molar refractivity (Wildman–Crippen MR) is 75.3 cm³/mol. The fourth-order valence-electron chi connectivity index (χ4n) is 2.32. The normalized spacial score (nSPS) is 10.9. The van der Waals surface area contributed by atoms with Crippen LogP contribution in [0.15, 0.2) is 18.3 Å². The Kier molecular flexibility index (Phi) is 3.73. The summed E-state index contributed by atoms with van der Waals surface area (Å²) in [7, 11) is 0. The first-order valence-electron chi connectivity index (χ1n) is 6.11. The smallest absolute Gasteiger partial charge is 0.0864 e. The Hall–Kier alpha value is -1.32. The Morgan fingerprint density at radius 3 is 2.61 bits per heavy atom. The lowest BCUT2D eigenvalue weighted by Gasteiger charge is -2.13. The Labute approximate surface area is 113 Å². The molecule has 96 valence electrons. The van der Waals surface area contributed by atoms with Crippen molar-refractivity contribution in [2.24, 2.45) is 5.73 Å². The van der Waals surface area contributed by atoms with E-state index in [-0.39, 0.29) is 0 Å². The van der Waals surface area contributed by atoms with Crippen LogP contribution < -0.4 is 5.73 Å². The highest BCUT2D eigenvalue weighted by molar-refractivity contribution is 6.32. The van der Waals surface area contributed by atoms with Crippen molar-refractivity contribution in [3.63, 3.8) is 0 Å². The molecule has 2 aromatic rings. The zero-order valence-electron chi connectivity index (χ0n) is 11.0. The number of nitrogens with two attached hydrogens (primary N) is 1. The largest absolute Gasteiger partial charge is 0.326 e. The first-order chi connectivity index (χ1) is 8.58. The van der Waals surface area contributed by atoms with Crippen molar-refractivity contribution in [1.29, 1.82) is 0 Å². The molecule has 2 rings (SSSR count). The highest BCUT2D eigenvalue weighted by Crippen LogP contribution is 2.27. The minimum absolute atomic E-state index is 0.506. The van der Waals surface area contributed by atoms with Crippen LogP contribution in [0.1, 0.15) is 29.3 Å². The van der Waals surface area contributed by atoms with E-state index in [0.717, 1.165) is 39.5 Å². The Morgan fingerprint density at radius 1 is 1.33 bits per heavy atom. The van der Waals surface area contributed by atoms with Gasteiger partial charge in [-0.1, -0.05) is 24.6 Å². The van der Waals surface area contributed by atoms with E-state index in [1.165, 1.54) is 0 Å². The molecule has 0 amide bonds. The van der Waals surface area contributed by atoms with Crippen molar-refractivity contribution in [2.45, 2.75) is 33.7 Å². The van der Waals surface area contributed by atoms with Crippen LogP contribution in [-0.2, 0) is 13.0 Å². The molecule has 2 N–H and O–H groups in total. The molecule has 1 aromatic heterocycles. The average Bonchev–Trinajstić information content (AvgIpc) is 2.70. The van der Waals surface area contributed by atoms with E-state index >= 15 is 0 Å². The molecule has 4 heteroatoms. The molecule has 0 radical (unpaired) electrons. The third-order valence-electron chi connectivity index (χ3n) is 3.12. The highest BCUT2D eigenvalue weighted by atomic mass is 35.5. The number of aryl methyl sites for hydroxylation is 2. The second kappa shape index (κ2) is 5.12. The van der Waals surface area contributed by atoms with Gasteiger partial charge in [0.2, 0.25) is 0 Å². The Bertz CT molecular complexity index is 549. The van der Waals surface area contributed by atoms with E-state index in [9.17, 15) is 0 Å². The van der Waals surface area contributed by atoms with Crippen molar-refractivity contribution in [3.8, 4) is 5.69 Å². The van der Waals surface area contributed by atoms with Crippen LogP contribution in [0.25, 0.3) is 5.69 Å². The van der Waals surface area contributed by atoms with Crippen molar-refractivity contribution < 1.29 is 0 Å². The van der Waals surface area contributed by atoms with Gasteiger partial charge in [-0.3, -0.25) is 0 Å². The Balaban J connectivity index is 2.66. The van der Waals surface area contributed by atoms with Crippen LogP contribution in [0.4, 0.5) is 0 Å². The molecular weight excluding hydrogens is 246 g/mol. The lowest BCUT2D eigenvalue weighted by molar-refractivity contribution is 0.802. The summed E-state index contributed by atoms with van der Waals surface area (Å²) in [6, 6.07) is 4.08. The lowest BCUT2D eigenvalue weighted by Crippen LogP contribution is -2.07. The van der Waals surface area contributed by atoms with Gasteiger partial charge in [0, 0.05) is 17.8 Å². The standard InChI is InChI=1S/C14H18ClN3/c1-4-13-11(7-16)8-17-18(13)14-10(3)5-9(2)6-12(14)15/h5-6,8H,4,7,16H2,1-3H3. The van der Waals surface area contributed by atoms with Crippen molar-refractivity contribution in [3.05, 3.63) is 45.7 Å². The average molecular weight is 264 g/mol. The summed E-state index contributed by atoms with van der Waals surface area (Å²) in [5.41, 5.74) is 11.2. The molecule has 0 unspecified atom stereocenters. The van der Waals surface area contributed by atoms with E-state index < -0.39 is 0 Å². The summed E-state index contributed by atoms with van der Waals surface area (Å²) >= 11 is 6.36. The van der Waals surface area contributed by atoms with Gasteiger partial charge >= 0.3 is 0 Å². The third-order valence-corrected chi connectivity index (χ3v) is 3.41. The zero-order chi connectivity index (χ0) is 13.3. The summed E-state index contributed by atoms with van der Waals surface area (Å²) in [5, 5.41) is 5.16. The number of nitrogens with zero attached hydrogens (tertiary/aromatic N) is 2.